The third kappa shape index (κ3) is 1.25. The van der Waals surface area contributed by atoms with E-state index in [1.165, 1.54) is 0 Å². The Hall–Kier alpha value is -2.30. The Morgan fingerprint density at radius 3 is 2.73 bits per heavy atom. The fourth-order valence-corrected chi connectivity index (χ4v) is 1.42. The van der Waals surface area contributed by atoms with Crippen molar-refractivity contribution in [1.82, 2.24) is 20.3 Å². The Morgan fingerprint density at radius 1 is 1.00 bits per heavy atom. The van der Waals surface area contributed by atoms with E-state index < -0.39 is 0 Å². The van der Waals surface area contributed by atoms with Gasteiger partial charge in [-0.3, -0.25) is 4.98 Å². The van der Waals surface area contributed by atoms with E-state index in [9.17, 15) is 0 Å². The summed E-state index contributed by atoms with van der Waals surface area (Å²) in [5.41, 5.74) is 2.17. The zero-order chi connectivity index (χ0) is 10.1. The molecule has 0 aliphatic heterocycles. The average Bonchev–Trinajstić information content (AvgIpc) is 2.74. The molecule has 0 N–H and O–H groups in total. The van der Waals surface area contributed by atoms with Crippen LogP contribution >= 0.6 is 0 Å². The number of nitrogens with zero attached hydrogens (tertiary/aromatic N) is 4. The van der Waals surface area contributed by atoms with Crippen LogP contribution in [0.25, 0.3) is 22.4 Å². The van der Waals surface area contributed by atoms with Crippen LogP contribution in [-0.4, -0.2) is 20.3 Å². The first-order chi connectivity index (χ1) is 7.45. The normalized spacial score (nSPS) is 10.7. The predicted octanol–water partition coefficient (Wildman–Crippen LogP) is 1.68. The highest BCUT2D eigenvalue weighted by atomic mass is 16.5. The molecule has 0 aromatic carbocycles. The average molecular weight is 198 g/mol. The lowest BCUT2D eigenvalue weighted by molar-refractivity contribution is 0.448. The third-order valence-corrected chi connectivity index (χ3v) is 2.12. The summed E-state index contributed by atoms with van der Waals surface area (Å²) in [6.07, 6.45) is 5.04. The minimum atomic E-state index is 0.448. The molecular formula is C10H6N4O. The first-order valence-corrected chi connectivity index (χ1v) is 4.42. The molecule has 3 rings (SSSR count). The highest BCUT2D eigenvalue weighted by molar-refractivity contribution is 5.88. The summed E-state index contributed by atoms with van der Waals surface area (Å²) >= 11 is 0. The molecule has 0 spiro atoms. The van der Waals surface area contributed by atoms with Gasteiger partial charge in [0, 0.05) is 18.0 Å². The van der Waals surface area contributed by atoms with E-state index >= 15 is 0 Å². The molecule has 0 fully saturated rings. The van der Waals surface area contributed by atoms with Crippen molar-refractivity contribution in [2.75, 3.05) is 0 Å². The molecule has 0 aliphatic carbocycles. The molecule has 15 heavy (non-hydrogen) atoms. The van der Waals surface area contributed by atoms with E-state index in [-0.39, 0.29) is 0 Å². The van der Waals surface area contributed by atoms with Gasteiger partial charge in [0.15, 0.2) is 0 Å². The van der Waals surface area contributed by atoms with Crippen molar-refractivity contribution in [3.63, 3.8) is 0 Å². The van der Waals surface area contributed by atoms with E-state index in [4.69, 9.17) is 4.52 Å². The van der Waals surface area contributed by atoms with Gasteiger partial charge in [-0.1, -0.05) is 5.16 Å². The Kier molecular flexibility index (Phi) is 1.68. The minimum absolute atomic E-state index is 0.448. The summed E-state index contributed by atoms with van der Waals surface area (Å²) in [7, 11) is 0. The lowest BCUT2D eigenvalue weighted by atomic mass is 10.1. The molecule has 0 amide bonds. The topological polar surface area (TPSA) is 64.7 Å². The molecule has 0 saturated heterocycles. The highest BCUT2D eigenvalue weighted by Gasteiger charge is 2.10. The number of hydrogen-bond donors (Lipinski definition) is 0. The van der Waals surface area contributed by atoms with Gasteiger partial charge in [0.05, 0.1) is 11.6 Å². The number of rotatable bonds is 1. The predicted molar refractivity (Wildman–Crippen MR) is 52.8 cm³/mol. The summed E-state index contributed by atoms with van der Waals surface area (Å²) in [5, 5.41) is 12.4. The molecule has 0 unspecified atom stereocenters. The summed E-state index contributed by atoms with van der Waals surface area (Å²) in [6, 6.07) is 5.57. The maximum Gasteiger partial charge on any atom is 0.277 e. The molecule has 5 nitrogen and oxygen atoms in total. The van der Waals surface area contributed by atoms with Gasteiger partial charge < -0.3 is 4.52 Å². The second-order valence-corrected chi connectivity index (χ2v) is 3.02. The monoisotopic (exact) mass is 198 g/mol. The summed E-state index contributed by atoms with van der Waals surface area (Å²) in [5.74, 6) is 0. The Balaban J connectivity index is 2.28. The summed E-state index contributed by atoms with van der Waals surface area (Å²) in [4.78, 5) is 3.95. The van der Waals surface area contributed by atoms with Crippen molar-refractivity contribution in [3.8, 4) is 11.3 Å². The largest absolute Gasteiger partial charge is 0.334 e. The molecule has 0 atom stereocenters. The first-order valence-electron chi connectivity index (χ1n) is 4.42. The highest BCUT2D eigenvalue weighted by Crippen LogP contribution is 2.24. The van der Waals surface area contributed by atoms with Crippen LogP contribution in [0.15, 0.2) is 41.3 Å². The number of hydrogen-bond acceptors (Lipinski definition) is 5. The van der Waals surface area contributed by atoms with Gasteiger partial charge in [0.1, 0.15) is 5.69 Å². The van der Waals surface area contributed by atoms with Crippen molar-refractivity contribution in [1.29, 1.82) is 0 Å². The fourth-order valence-electron chi connectivity index (χ4n) is 1.42. The number of fused-ring (bicyclic) bond motifs is 1. The molecule has 3 aromatic rings. The Bertz CT molecular complexity index is 590. The zero-order valence-electron chi connectivity index (χ0n) is 7.66. The lowest BCUT2D eigenvalue weighted by Crippen LogP contribution is -1.80. The van der Waals surface area contributed by atoms with Gasteiger partial charge >= 0.3 is 0 Å². The van der Waals surface area contributed by atoms with E-state index in [0.29, 0.717) is 5.71 Å². The van der Waals surface area contributed by atoms with Gasteiger partial charge in [0.2, 0.25) is 0 Å². The molecule has 0 radical (unpaired) electrons. The van der Waals surface area contributed by atoms with Gasteiger partial charge in [-0.2, -0.15) is 5.10 Å². The van der Waals surface area contributed by atoms with Crippen LogP contribution in [0.1, 0.15) is 0 Å². The standard InChI is InChI=1S/C10H6N4O/c1-4-11-5-2-7(1)9-8-3-6-12-13-10(8)15-14-9/h1-6H. The zero-order valence-corrected chi connectivity index (χ0v) is 7.66. The van der Waals surface area contributed by atoms with Crippen LogP contribution in [-0.2, 0) is 0 Å². The Labute approximate surface area is 84.8 Å². The Morgan fingerprint density at radius 2 is 1.87 bits per heavy atom. The van der Waals surface area contributed by atoms with E-state index in [1.54, 1.807) is 18.6 Å². The van der Waals surface area contributed by atoms with Crippen molar-refractivity contribution >= 4 is 11.1 Å². The van der Waals surface area contributed by atoms with Crippen molar-refractivity contribution in [2.24, 2.45) is 0 Å². The second-order valence-electron chi connectivity index (χ2n) is 3.02. The first kappa shape index (κ1) is 8.05. The number of pyridine rings is 1. The van der Waals surface area contributed by atoms with E-state index in [1.807, 2.05) is 18.2 Å². The van der Waals surface area contributed by atoms with E-state index in [0.717, 1.165) is 16.6 Å². The van der Waals surface area contributed by atoms with Crippen LogP contribution in [0.3, 0.4) is 0 Å². The maximum atomic E-state index is 5.06. The molecule has 3 aromatic heterocycles. The van der Waals surface area contributed by atoms with Crippen LogP contribution in [0, 0.1) is 0 Å². The van der Waals surface area contributed by atoms with Crippen molar-refractivity contribution < 1.29 is 4.52 Å². The minimum Gasteiger partial charge on any atom is -0.334 e. The second kappa shape index (κ2) is 3.13. The van der Waals surface area contributed by atoms with Gasteiger partial charge in [-0.05, 0) is 18.2 Å². The van der Waals surface area contributed by atoms with Crippen LogP contribution in [0.4, 0.5) is 0 Å². The van der Waals surface area contributed by atoms with Gasteiger partial charge in [-0.15, -0.1) is 5.10 Å². The van der Waals surface area contributed by atoms with Gasteiger partial charge in [0.25, 0.3) is 5.71 Å². The number of aromatic nitrogens is 4. The molecular weight excluding hydrogens is 192 g/mol. The lowest BCUT2D eigenvalue weighted by Gasteiger charge is -1.93. The molecule has 72 valence electrons. The fraction of sp³-hybridized carbons (Fsp3) is 0. The smallest absolute Gasteiger partial charge is 0.277 e. The molecule has 0 bridgehead atoms. The SMILES string of the molecule is c1cc(-c2noc3nnccc23)ccn1. The molecule has 0 saturated carbocycles. The quantitative estimate of drug-likeness (QED) is 0.595. The molecule has 5 heteroatoms. The van der Waals surface area contributed by atoms with Crippen LogP contribution < -0.4 is 0 Å². The maximum absolute atomic E-state index is 5.06. The van der Waals surface area contributed by atoms with Gasteiger partial charge in [-0.25, -0.2) is 0 Å². The van der Waals surface area contributed by atoms with Crippen LogP contribution in [0.5, 0.6) is 0 Å². The summed E-state index contributed by atoms with van der Waals surface area (Å²) < 4.78 is 5.06. The van der Waals surface area contributed by atoms with Crippen molar-refractivity contribution in [3.05, 3.63) is 36.8 Å². The molecule has 3 heterocycles. The molecule has 0 aliphatic rings. The van der Waals surface area contributed by atoms with Crippen LogP contribution in [0.2, 0.25) is 0 Å². The van der Waals surface area contributed by atoms with E-state index in [2.05, 4.69) is 20.3 Å². The summed E-state index contributed by atoms with van der Waals surface area (Å²) in [6.45, 7) is 0. The van der Waals surface area contributed by atoms with Crippen molar-refractivity contribution in [2.45, 2.75) is 0 Å². The third-order valence-electron chi connectivity index (χ3n) is 2.12.